The molecule has 2 aromatic carbocycles. The smallest absolute Gasteiger partial charge is 0.0863 e. The molecule has 0 saturated carbocycles. The summed E-state index contributed by atoms with van der Waals surface area (Å²) in [4.78, 5) is 2.41. The van der Waals surface area contributed by atoms with E-state index in [0.29, 0.717) is 0 Å². The summed E-state index contributed by atoms with van der Waals surface area (Å²) in [5.41, 5.74) is 2.40. The molecule has 0 spiro atoms. The molecule has 0 bridgehead atoms. The van der Waals surface area contributed by atoms with E-state index < -0.39 is 0 Å². The van der Waals surface area contributed by atoms with Crippen LogP contribution in [-0.2, 0) is 0 Å². The van der Waals surface area contributed by atoms with E-state index in [4.69, 9.17) is 0 Å². The van der Waals surface area contributed by atoms with E-state index in [1.165, 1.54) is 11.3 Å². The molecule has 0 unspecified atom stereocenters. The largest absolute Gasteiger partial charge is 0.345 e. The molecule has 0 aromatic heterocycles. The lowest BCUT2D eigenvalue weighted by Crippen LogP contribution is -2.47. The maximum atomic E-state index is 4.08. The van der Waals surface area contributed by atoms with Gasteiger partial charge >= 0.3 is 0 Å². The van der Waals surface area contributed by atoms with Crippen LogP contribution in [0.5, 0.6) is 0 Å². The van der Waals surface area contributed by atoms with Crippen molar-refractivity contribution in [3.8, 4) is 0 Å². The summed E-state index contributed by atoms with van der Waals surface area (Å²) in [6, 6.07) is 21.6. The number of hydrogen-bond acceptors (Lipinski definition) is 2. The van der Waals surface area contributed by atoms with Crippen LogP contribution in [0.15, 0.2) is 73.3 Å². The summed E-state index contributed by atoms with van der Waals surface area (Å²) in [6.07, 6.45) is 2.05. The molecule has 2 atom stereocenters. The summed E-state index contributed by atoms with van der Waals surface area (Å²) >= 11 is 0. The second-order valence-electron chi connectivity index (χ2n) is 6.02. The average molecular weight is 278 g/mol. The van der Waals surface area contributed by atoms with Crippen LogP contribution in [0.1, 0.15) is 25.5 Å². The monoisotopic (exact) mass is 278 g/mol. The number of anilines is 1. The second kappa shape index (κ2) is 5.38. The molecule has 0 amide bonds. The first-order chi connectivity index (χ1) is 10.1. The van der Waals surface area contributed by atoms with Gasteiger partial charge in [0.05, 0.1) is 17.7 Å². The summed E-state index contributed by atoms with van der Waals surface area (Å²) < 4.78 is 0. The Morgan fingerprint density at radius 3 is 2.14 bits per heavy atom. The number of para-hydroxylation sites is 1. The molecule has 1 heterocycles. The van der Waals surface area contributed by atoms with E-state index in [9.17, 15) is 0 Å². The van der Waals surface area contributed by atoms with Gasteiger partial charge in [-0.1, -0.05) is 54.6 Å². The van der Waals surface area contributed by atoms with Crippen LogP contribution >= 0.6 is 0 Å². The SMILES string of the molecule is C=C[C@@H]1[C@@H](c2ccccc2)NC(C)(C)N1c1ccccc1. The Balaban J connectivity index is 2.02. The van der Waals surface area contributed by atoms with Crippen molar-refractivity contribution in [2.75, 3.05) is 4.90 Å². The lowest BCUT2D eigenvalue weighted by Gasteiger charge is -2.36. The Morgan fingerprint density at radius 1 is 1.00 bits per heavy atom. The first-order valence-corrected chi connectivity index (χ1v) is 7.43. The Kier molecular flexibility index (Phi) is 3.56. The summed E-state index contributed by atoms with van der Waals surface area (Å²) in [5.74, 6) is 0. The highest BCUT2D eigenvalue weighted by Crippen LogP contribution is 2.38. The maximum Gasteiger partial charge on any atom is 0.0863 e. The maximum absolute atomic E-state index is 4.08. The van der Waals surface area contributed by atoms with Crippen LogP contribution in [0, 0.1) is 0 Å². The Hall–Kier alpha value is -2.06. The van der Waals surface area contributed by atoms with E-state index >= 15 is 0 Å². The number of hydrogen-bond donors (Lipinski definition) is 1. The Morgan fingerprint density at radius 2 is 1.57 bits per heavy atom. The molecule has 3 rings (SSSR count). The van der Waals surface area contributed by atoms with Gasteiger partial charge in [0, 0.05) is 5.69 Å². The van der Waals surface area contributed by atoms with Crippen molar-refractivity contribution in [1.29, 1.82) is 0 Å². The lowest BCUT2D eigenvalue weighted by atomic mass is 10.00. The first-order valence-electron chi connectivity index (χ1n) is 7.43. The van der Waals surface area contributed by atoms with Gasteiger partial charge in [0.1, 0.15) is 0 Å². The number of benzene rings is 2. The van der Waals surface area contributed by atoms with Gasteiger partial charge in [-0.05, 0) is 31.5 Å². The Labute approximate surface area is 127 Å². The minimum absolute atomic E-state index is 0.124. The van der Waals surface area contributed by atoms with Gasteiger partial charge in [-0.3, -0.25) is 5.32 Å². The average Bonchev–Trinajstić information content (AvgIpc) is 2.80. The van der Waals surface area contributed by atoms with Crippen molar-refractivity contribution >= 4 is 5.69 Å². The topological polar surface area (TPSA) is 15.3 Å². The molecule has 0 aliphatic carbocycles. The summed E-state index contributed by atoms with van der Waals surface area (Å²) in [6.45, 7) is 8.52. The lowest BCUT2D eigenvalue weighted by molar-refractivity contribution is 0.432. The normalized spacial score (nSPS) is 24.0. The van der Waals surface area contributed by atoms with Gasteiger partial charge in [-0.25, -0.2) is 0 Å². The van der Waals surface area contributed by atoms with Gasteiger partial charge < -0.3 is 4.90 Å². The quantitative estimate of drug-likeness (QED) is 0.849. The van der Waals surface area contributed by atoms with Crippen LogP contribution in [0.2, 0.25) is 0 Å². The molecular formula is C19H22N2. The van der Waals surface area contributed by atoms with Crippen molar-refractivity contribution in [2.45, 2.75) is 31.6 Å². The predicted octanol–water partition coefficient (Wildman–Crippen LogP) is 4.13. The summed E-state index contributed by atoms with van der Waals surface area (Å²) in [5, 5.41) is 3.75. The molecule has 2 heteroatoms. The third kappa shape index (κ3) is 2.47. The van der Waals surface area contributed by atoms with Gasteiger partial charge in [0.2, 0.25) is 0 Å². The fraction of sp³-hybridized carbons (Fsp3) is 0.263. The molecule has 1 aliphatic rings. The van der Waals surface area contributed by atoms with Gasteiger partial charge in [0.25, 0.3) is 0 Å². The molecule has 1 saturated heterocycles. The number of nitrogens with one attached hydrogen (secondary N) is 1. The number of rotatable bonds is 3. The molecular weight excluding hydrogens is 256 g/mol. The highest BCUT2D eigenvalue weighted by molar-refractivity contribution is 5.54. The second-order valence-corrected chi connectivity index (χ2v) is 6.02. The first kappa shape index (κ1) is 13.9. The summed E-state index contributed by atoms with van der Waals surface area (Å²) in [7, 11) is 0. The number of nitrogens with zero attached hydrogens (tertiary/aromatic N) is 1. The van der Waals surface area contributed by atoms with E-state index in [1.54, 1.807) is 0 Å². The van der Waals surface area contributed by atoms with Crippen molar-refractivity contribution in [1.82, 2.24) is 5.32 Å². The van der Waals surface area contributed by atoms with Crippen LogP contribution in [0.3, 0.4) is 0 Å². The van der Waals surface area contributed by atoms with E-state index in [2.05, 4.69) is 91.3 Å². The zero-order valence-electron chi connectivity index (χ0n) is 12.7. The minimum atomic E-state index is -0.124. The minimum Gasteiger partial charge on any atom is -0.345 e. The fourth-order valence-electron chi connectivity index (χ4n) is 3.32. The van der Waals surface area contributed by atoms with E-state index in [0.717, 1.165) is 0 Å². The van der Waals surface area contributed by atoms with Crippen LogP contribution in [-0.4, -0.2) is 11.7 Å². The highest BCUT2D eigenvalue weighted by Gasteiger charge is 2.44. The van der Waals surface area contributed by atoms with Gasteiger partial charge in [0.15, 0.2) is 0 Å². The van der Waals surface area contributed by atoms with Crippen molar-refractivity contribution in [3.63, 3.8) is 0 Å². The zero-order chi connectivity index (χ0) is 14.9. The molecule has 1 N–H and O–H groups in total. The van der Waals surface area contributed by atoms with Crippen molar-refractivity contribution in [3.05, 3.63) is 78.9 Å². The highest BCUT2D eigenvalue weighted by atomic mass is 15.4. The predicted molar refractivity (Wildman–Crippen MR) is 89.3 cm³/mol. The van der Waals surface area contributed by atoms with Crippen molar-refractivity contribution < 1.29 is 0 Å². The molecule has 108 valence electrons. The molecule has 2 nitrogen and oxygen atoms in total. The van der Waals surface area contributed by atoms with E-state index in [1.807, 2.05) is 6.08 Å². The molecule has 0 radical (unpaired) electrons. The fourth-order valence-corrected chi connectivity index (χ4v) is 3.32. The van der Waals surface area contributed by atoms with Gasteiger partial charge in [-0.15, -0.1) is 6.58 Å². The third-order valence-corrected chi connectivity index (χ3v) is 4.19. The van der Waals surface area contributed by atoms with Crippen LogP contribution in [0.25, 0.3) is 0 Å². The third-order valence-electron chi connectivity index (χ3n) is 4.19. The molecule has 21 heavy (non-hydrogen) atoms. The molecule has 1 aliphatic heterocycles. The molecule has 2 aromatic rings. The molecule has 1 fully saturated rings. The van der Waals surface area contributed by atoms with E-state index in [-0.39, 0.29) is 17.7 Å². The van der Waals surface area contributed by atoms with Crippen LogP contribution in [0.4, 0.5) is 5.69 Å². The van der Waals surface area contributed by atoms with Crippen molar-refractivity contribution in [2.24, 2.45) is 0 Å². The zero-order valence-corrected chi connectivity index (χ0v) is 12.7. The van der Waals surface area contributed by atoms with Gasteiger partial charge in [-0.2, -0.15) is 0 Å². The standard InChI is InChI=1S/C19H22N2/c1-4-17-18(15-11-7-5-8-12-15)20-19(2,3)21(17)16-13-9-6-10-14-16/h4-14,17-18,20H,1H2,2-3H3/t17-,18-/m1/s1. The van der Waals surface area contributed by atoms with Crippen LogP contribution < -0.4 is 10.2 Å². The Bertz CT molecular complexity index is 604.